The Balaban J connectivity index is 2.40. The first kappa shape index (κ1) is 15.5. The Morgan fingerprint density at radius 3 is 2.42 bits per heavy atom. The molecular weight excluding hydrogens is 240 g/mol. The summed E-state index contributed by atoms with van der Waals surface area (Å²) in [5, 5.41) is 12.0. The van der Waals surface area contributed by atoms with Gasteiger partial charge in [-0.25, -0.2) is 0 Å². The van der Waals surface area contributed by atoms with Crippen LogP contribution in [0.4, 0.5) is 5.69 Å². The number of carbonyl (C=O) groups is 1. The number of phenolic OH excluding ortho intramolecular Hbond substituents is 1. The van der Waals surface area contributed by atoms with Gasteiger partial charge in [-0.05, 0) is 55.5 Å². The second-order valence-corrected chi connectivity index (χ2v) is 5.22. The number of carbonyl (C=O) groups excluding carboxylic acids is 1. The van der Waals surface area contributed by atoms with E-state index in [1.165, 1.54) is 0 Å². The first-order chi connectivity index (χ1) is 9.02. The van der Waals surface area contributed by atoms with Gasteiger partial charge in [0.05, 0.1) is 0 Å². The number of phenols is 1. The molecule has 0 saturated heterocycles. The Bertz CT molecular complexity index is 388. The molecule has 0 aliphatic carbocycles. The molecule has 0 bridgehead atoms. The molecule has 0 saturated carbocycles. The quantitative estimate of drug-likeness (QED) is 0.663. The molecule has 4 nitrogen and oxygen atoms in total. The van der Waals surface area contributed by atoms with Crippen molar-refractivity contribution in [3.05, 3.63) is 24.3 Å². The standard InChI is InChI=1S/C15H24N2O2/c1-11(2)12(9-10-16)3-8-15(19)17-13-4-6-14(18)7-5-13/h4-7,11-12,18H,3,8-10,16H2,1-2H3,(H,17,19). The molecule has 0 aliphatic rings. The van der Waals surface area contributed by atoms with Crippen LogP contribution in [0.2, 0.25) is 0 Å². The minimum atomic E-state index is 0.00774. The molecule has 0 spiro atoms. The fourth-order valence-corrected chi connectivity index (χ4v) is 2.11. The third-order valence-electron chi connectivity index (χ3n) is 3.37. The van der Waals surface area contributed by atoms with Crippen LogP contribution in [0.5, 0.6) is 5.75 Å². The second kappa shape index (κ2) is 7.79. The minimum absolute atomic E-state index is 0.00774. The van der Waals surface area contributed by atoms with E-state index in [-0.39, 0.29) is 11.7 Å². The van der Waals surface area contributed by atoms with Crippen molar-refractivity contribution in [2.45, 2.75) is 33.1 Å². The van der Waals surface area contributed by atoms with Crippen molar-refractivity contribution in [3.63, 3.8) is 0 Å². The summed E-state index contributed by atoms with van der Waals surface area (Å²) in [5.41, 5.74) is 6.30. The van der Waals surface area contributed by atoms with Crippen molar-refractivity contribution in [1.29, 1.82) is 0 Å². The summed E-state index contributed by atoms with van der Waals surface area (Å²) >= 11 is 0. The third-order valence-corrected chi connectivity index (χ3v) is 3.37. The van der Waals surface area contributed by atoms with E-state index in [2.05, 4.69) is 19.2 Å². The normalized spacial score (nSPS) is 12.4. The Morgan fingerprint density at radius 2 is 1.89 bits per heavy atom. The summed E-state index contributed by atoms with van der Waals surface area (Å²) in [6.45, 7) is 5.00. The molecule has 1 amide bonds. The van der Waals surface area contributed by atoms with E-state index in [0.29, 0.717) is 30.5 Å². The second-order valence-electron chi connectivity index (χ2n) is 5.22. The Morgan fingerprint density at radius 1 is 1.26 bits per heavy atom. The highest BCUT2D eigenvalue weighted by atomic mass is 16.3. The summed E-state index contributed by atoms with van der Waals surface area (Å²) < 4.78 is 0. The molecular formula is C15H24N2O2. The average Bonchev–Trinajstić information content (AvgIpc) is 2.37. The summed E-state index contributed by atoms with van der Waals surface area (Å²) in [5.74, 6) is 1.25. The maximum atomic E-state index is 11.8. The van der Waals surface area contributed by atoms with Crippen LogP contribution < -0.4 is 11.1 Å². The van der Waals surface area contributed by atoms with E-state index in [4.69, 9.17) is 10.8 Å². The zero-order valence-electron chi connectivity index (χ0n) is 11.7. The molecule has 0 heterocycles. The highest BCUT2D eigenvalue weighted by molar-refractivity contribution is 5.90. The van der Waals surface area contributed by atoms with Crippen LogP contribution in [0.1, 0.15) is 33.1 Å². The fourth-order valence-electron chi connectivity index (χ4n) is 2.11. The Hall–Kier alpha value is -1.55. The number of hydrogen-bond donors (Lipinski definition) is 3. The van der Waals surface area contributed by atoms with Crippen LogP contribution in [0.15, 0.2) is 24.3 Å². The highest BCUT2D eigenvalue weighted by Crippen LogP contribution is 2.21. The van der Waals surface area contributed by atoms with E-state index >= 15 is 0 Å². The lowest BCUT2D eigenvalue weighted by molar-refractivity contribution is -0.116. The van der Waals surface area contributed by atoms with Gasteiger partial charge in [-0.1, -0.05) is 13.8 Å². The summed E-state index contributed by atoms with van der Waals surface area (Å²) in [6, 6.07) is 6.49. The van der Waals surface area contributed by atoms with Crippen molar-refractivity contribution in [3.8, 4) is 5.75 Å². The lowest BCUT2D eigenvalue weighted by Gasteiger charge is -2.19. The summed E-state index contributed by atoms with van der Waals surface area (Å²) in [6.07, 6.45) is 2.33. The van der Waals surface area contributed by atoms with Crippen molar-refractivity contribution < 1.29 is 9.90 Å². The largest absolute Gasteiger partial charge is 0.508 e. The van der Waals surface area contributed by atoms with E-state index in [0.717, 1.165) is 12.8 Å². The molecule has 4 heteroatoms. The number of benzene rings is 1. The van der Waals surface area contributed by atoms with Gasteiger partial charge in [0, 0.05) is 12.1 Å². The van der Waals surface area contributed by atoms with Gasteiger partial charge in [0.25, 0.3) is 0 Å². The smallest absolute Gasteiger partial charge is 0.224 e. The number of nitrogens with two attached hydrogens (primary N) is 1. The first-order valence-electron chi connectivity index (χ1n) is 6.82. The van der Waals surface area contributed by atoms with Crippen LogP contribution in [0.25, 0.3) is 0 Å². The number of anilines is 1. The van der Waals surface area contributed by atoms with Crippen molar-refractivity contribution in [1.82, 2.24) is 0 Å². The third kappa shape index (κ3) is 5.75. The van der Waals surface area contributed by atoms with E-state index in [1.54, 1.807) is 24.3 Å². The van der Waals surface area contributed by atoms with Crippen LogP contribution >= 0.6 is 0 Å². The van der Waals surface area contributed by atoms with Gasteiger partial charge in [-0.2, -0.15) is 0 Å². The zero-order valence-corrected chi connectivity index (χ0v) is 11.7. The molecule has 1 aromatic carbocycles. The molecule has 106 valence electrons. The van der Waals surface area contributed by atoms with Gasteiger partial charge < -0.3 is 16.2 Å². The van der Waals surface area contributed by atoms with Gasteiger partial charge in [0.1, 0.15) is 5.75 Å². The minimum Gasteiger partial charge on any atom is -0.508 e. The number of hydrogen-bond acceptors (Lipinski definition) is 3. The summed E-state index contributed by atoms with van der Waals surface area (Å²) in [4.78, 5) is 11.8. The monoisotopic (exact) mass is 264 g/mol. The average molecular weight is 264 g/mol. The van der Waals surface area contributed by atoms with Crippen LogP contribution in [0, 0.1) is 11.8 Å². The molecule has 19 heavy (non-hydrogen) atoms. The van der Waals surface area contributed by atoms with Gasteiger partial charge in [0.2, 0.25) is 5.91 Å². The van der Waals surface area contributed by atoms with Crippen molar-refractivity contribution in [2.75, 3.05) is 11.9 Å². The SMILES string of the molecule is CC(C)C(CCN)CCC(=O)Nc1ccc(O)cc1. The topological polar surface area (TPSA) is 75.4 Å². The van der Waals surface area contributed by atoms with Gasteiger partial charge >= 0.3 is 0 Å². The van der Waals surface area contributed by atoms with Crippen molar-refractivity contribution >= 4 is 11.6 Å². The molecule has 1 unspecified atom stereocenters. The number of amides is 1. The van der Waals surface area contributed by atoms with E-state index in [1.807, 2.05) is 0 Å². The number of rotatable bonds is 7. The molecule has 1 aromatic rings. The van der Waals surface area contributed by atoms with Gasteiger partial charge in [-0.3, -0.25) is 4.79 Å². The van der Waals surface area contributed by atoms with Gasteiger partial charge in [-0.15, -0.1) is 0 Å². The Labute approximate surface area is 115 Å². The molecule has 1 rings (SSSR count). The predicted octanol–water partition coefficient (Wildman–Crippen LogP) is 2.73. The Kier molecular flexibility index (Phi) is 6.36. The van der Waals surface area contributed by atoms with Gasteiger partial charge in [0.15, 0.2) is 0 Å². The summed E-state index contributed by atoms with van der Waals surface area (Å²) in [7, 11) is 0. The molecule has 0 radical (unpaired) electrons. The zero-order chi connectivity index (χ0) is 14.3. The van der Waals surface area contributed by atoms with E-state index < -0.39 is 0 Å². The lowest BCUT2D eigenvalue weighted by atomic mass is 9.88. The lowest BCUT2D eigenvalue weighted by Crippen LogP contribution is -2.18. The van der Waals surface area contributed by atoms with Crippen LogP contribution in [-0.4, -0.2) is 17.6 Å². The maximum absolute atomic E-state index is 11.8. The molecule has 0 aliphatic heterocycles. The molecule has 0 aromatic heterocycles. The number of nitrogens with one attached hydrogen (secondary N) is 1. The molecule has 1 atom stereocenters. The molecule has 4 N–H and O–H groups in total. The maximum Gasteiger partial charge on any atom is 0.224 e. The fraction of sp³-hybridized carbons (Fsp3) is 0.533. The number of aromatic hydroxyl groups is 1. The van der Waals surface area contributed by atoms with E-state index in [9.17, 15) is 4.79 Å². The first-order valence-corrected chi connectivity index (χ1v) is 6.82. The van der Waals surface area contributed by atoms with Crippen LogP contribution in [-0.2, 0) is 4.79 Å². The predicted molar refractivity (Wildman–Crippen MR) is 78.0 cm³/mol. The molecule has 0 fully saturated rings. The highest BCUT2D eigenvalue weighted by Gasteiger charge is 2.14. The van der Waals surface area contributed by atoms with Crippen LogP contribution in [0.3, 0.4) is 0 Å². The van der Waals surface area contributed by atoms with Crippen molar-refractivity contribution in [2.24, 2.45) is 17.6 Å².